The molecular formula is C15H19ClO2. The van der Waals surface area contributed by atoms with Crippen molar-refractivity contribution in [3.05, 3.63) is 34.3 Å². The summed E-state index contributed by atoms with van der Waals surface area (Å²) in [6.45, 7) is 1.90. The Balaban J connectivity index is 2.26. The SMILES string of the molecule is Cc1ccc(C(=O)C2(O)CCCCCC2)cc1Cl. The normalized spacial score (nSPS) is 19.3. The van der Waals surface area contributed by atoms with E-state index in [1.807, 2.05) is 13.0 Å². The molecule has 0 radical (unpaired) electrons. The van der Waals surface area contributed by atoms with E-state index in [1.165, 1.54) is 0 Å². The van der Waals surface area contributed by atoms with E-state index in [0.29, 0.717) is 23.4 Å². The fraction of sp³-hybridized carbons (Fsp3) is 0.533. The van der Waals surface area contributed by atoms with Gasteiger partial charge in [-0.1, -0.05) is 49.4 Å². The highest BCUT2D eigenvalue weighted by molar-refractivity contribution is 6.31. The molecule has 2 rings (SSSR count). The van der Waals surface area contributed by atoms with Gasteiger partial charge < -0.3 is 5.11 Å². The van der Waals surface area contributed by atoms with Crippen molar-refractivity contribution in [3.63, 3.8) is 0 Å². The molecule has 1 aromatic rings. The smallest absolute Gasteiger partial charge is 0.194 e. The number of benzene rings is 1. The summed E-state index contributed by atoms with van der Waals surface area (Å²) in [5.74, 6) is -0.175. The first-order chi connectivity index (χ1) is 8.53. The molecule has 0 amide bonds. The Bertz CT molecular complexity index is 446. The zero-order valence-electron chi connectivity index (χ0n) is 10.7. The molecule has 18 heavy (non-hydrogen) atoms. The van der Waals surface area contributed by atoms with Gasteiger partial charge >= 0.3 is 0 Å². The number of Topliss-reactive ketones (excluding diaryl/α,β-unsaturated/α-hetero) is 1. The maximum absolute atomic E-state index is 12.4. The van der Waals surface area contributed by atoms with Crippen LogP contribution in [0.3, 0.4) is 0 Å². The number of carbonyl (C=O) groups is 1. The molecule has 3 heteroatoms. The highest BCUT2D eigenvalue weighted by Gasteiger charge is 2.36. The van der Waals surface area contributed by atoms with Crippen molar-refractivity contribution < 1.29 is 9.90 Å². The highest BCUT2D eigenvalue weighted by Crippen LogP contribution is 2.31. The lowest BCUT2D eigenvalue weighted by atomic mass is 9.86. The molecule has 0 unspecified atom stereocenters. The van der Waals surface area contributed by atoms with Crippen LogP contribution in [0.15, 0.2) is 18.2 Å². The molecule has 0 aromatic heterocycles. The molecule has 1 saturated carbocycles. The molecule has 98 valence electrons. The molecule has 0 atom stereocenters. The van der Waals surface area contributed by atoms with E-state index in [4.69, 9.17) is 11.6 Å². The maximum atomic E-state index is 12.4. The van der Waals surface area contributed by atoms with Crippen LogP contribution in [0.5, 0.6) is 0 Å². The summed E-state index contributed by atoms with van der Waals surface area (Å²) in [6.07, 6.45) is 5.17. The summed E-state index contributed by atoms with van der Waals surface area (Å²) < 4.78 is 0. The minimum Gasteiger partial charge on any atom is -0.382 e. The molecule has 0 heterocycles. The van der Waals surface area contributed by atoms with Crippen molar-refractivity contribution in [2.24, 2.45) is 0 Å². The number of rotatable bonds is 2. The van der Waals surface area contributed by atoms with Gasteiger partial charge in [-0.05, 0) is 31.4 Å². The molecule has 1 N–H and O–H groups in total. The predicted octanol–water partition coefficient (Wildman–Crippen LogP) is 3.92. The van der Waals surface area contributed by atoms with Gasteiger partial charge in [-0.2, -0.15) is 0 Å². The van der Waals surface area contributed by atoms with Gasteiger partial charge in [0.05, 0.1) is 0 Å². The largest absolute Gasteiger partial charge is 0.382 e. The summed E-state index contributed by atoms with van der Waals surface area (Å²) >= 11 is 6.04. The van der Waals surface area contributed by atoms with Crippen LogP contribution in [0, 0.1) is 6.92 Å². The first-order valence-electron chi connectivity index (χ1n) is 6.56. The van der Waals surface area contributed by atoms with E-state index >= 15 is 0 Å². The average Bonchev–Trinajstić information content (AvgIpc) is 2.58. The Labute approximate surface area is 113 Å². The van der Waals surface area contributed by atoms with E-state index in [-0.39, 0.29) is 5.78 Å². The minimum atomic E-state index is -1.19. The van der Waals surface area contributed by atoms with Crippen molar-refractivity contribution in [1.82, 2.24) is 0 Å². The van der Waals surface area contributed by atoms with Crippen molar-refractivity contribution >= 4 is 17.4 Å². The van der Waals surface area contributed by atoms with Crippen molar-refractivity contribution in [2.45, 2.75) is 51.0 Å². The van der Waals surface area contributed by atoms with Gasteiger partial charge in [0.25, 0.3) is 0 Å². The van der Waals surface area contributed by atoms with E-state index in [0.717, 1.165) is 31.2 Å². The lowest BCUT2D eigenvalue weighted by Crippen LogP contribution is -2.38. The zero-order chi connectivity index (χ0) is 13.2. The summed E-state index contributed by atoms with van der Waals surface area (Å²) in [5, 5.41) is 11.1. The minimum absolute atomic E-state index is 0.175. The number of hydrogen-bond acceptors (Lipinski definition) is 2. The number of halogens is 1. The average molecular weight is 267 g/mol. The quantitative estimate of drug-likeness (QED) is 0.651. The Hall–Kier alpha value is -0.860. The van der Waals surface area contributed by atoms with Crippen molar-refractivity contribution in [3.8, 4) is 0 Å². The number of aliphatic hydroxyl groups is 1. The standard InChI is InChI=1S/C15H19ClO2/c1-11-6-7-12(10-13(11)16)14(17)15(18)8-4-2-3-5-9-15/h6-7,10,18H,2-5,8-9H2,1H3. The van der Waals surface area contributed by atoms with Crippen LogP contribution < -0.4 is 0 Å². The predicted molar refractivity (Wildman–Crippen MR) is 73.2 cm³/mol. The van der Waals surface area contributed by atoms with E-state index in [2.05, 4.69) is 0 Å². The second-order valence-electron chi connectivity index (χ2n) is 5.24. The molecule has 0 spiro atoms. The lowest BCUT2D eigenvalue weighted by Gasteiger charge is -2.25. The first kappa shape index (κ1) is 13.6. The molecular weight excluding hydrogens is 248 g/mol. The third-order valence-electron chi connectivity index (χ3n) is 3.79. The van der Waals surface area contributed by atoms with E-state index in [9.17, 15) is 9.90 Å². The topological polar surface area (TPSA) is 37.3 Å². The maximum Gasteiger partial charge on any atom is 0.194 e. The van der Waals surface area contributed by atoms with Crippen LogP contribution >= 0.6 is 11.6 Å². The van der Waals surface area contributed by atoms with E-state index < -0.39 is 5.60 Å². The van der Waals surface area contributed by atoms with Gasteiger partial charge in [0.1, 0.15) is 5.60 Å². The Morgan fingerprint density at radius 3 is 2.39 bits per heavy atom. The van der Waals surface area contributed by atoms with E-state index in [1.54, 1.807) is 12.1 Å². The fourth-order valence-corrected chi connectivity index (χ4v) is 2.72. The summed E-state index contributed by atoms with van der Waals surface area (Å²) in [5.41, 5.74) is 0.283. The summed E-state index contributed by atoms with van der Waals surface area (Å²) in [6, 6.07) is 5.25. The number of ketones is 1. The van der Waals surface area contributed by atoms with Crippen LogP contribution in [0.4, 0.5) is 0 Å². The fourth-order valence-electron chi connectivity index (χ4n) is 2.54. The van der Waals surface area contributed by atoms with Crippen LogP contribution in [0.1, 0.15) is 54.4 Å². The molecule has 0 saturated heterocycles. The monoisotopic (exact) mass is 266 g/mol. The van der Waals surface area contributed by atoms with Crippen LogP contribution in [0.2, 0.25) is 5.02 Å². The molecule has 1 aliphatic carbocycles. The lowest BCUT2D eigenvalue weighted by molar-refractivity contribution is 0.0238. The third kappa shape index (κ3) is 2.76. The Morgan fingerprint density at radius 1 is 1.22 bits per heavy atom. The molecule has 1 aliphatic rings. The van der Waals surface area contributed by atoms with Gasteiger partial charge in [0, 0.05) is 10.6 Å². The molecule has 2 nitrogen and oxygen atoms in total. The number of hydrogen-bond donors (Lipinski definition) is 1. The molecule has 0 bridgehead atoms. The molecule has 0 aliphatic heterocycles. The summed E-state index contributed by atoms with van der Waals surface area (Å²) in [4.78, 5) is 12.4. The number of carbonyl (C=O) groups excluding carboxylic acids is 1. The van der Waals surface area contributed by atoms with Crippen molar-refractivity contribution in [2.75, 3.05) is 0 Å². The Kier molecular flexibility index (Phi) is 4.08. The zero-order valence-corrected chi connectivity index (χ0v) is 11.5. The molecule has 1 fully saturated rings. The van der Waals surface area contributed by atoms with Crippen molar-refractivity contribution in [1.29, 1.82) is 0 Å². The van der Waals surface area contributed by atoms with Gasteiger partial charge in [-0.15, -0.1) is 0 Å². The van der Waals surface area contributed by atoms with Crippen LogP contribution in [-0.4, -0.2) is 16.5 Å². The van der Waals surface area contributed by atoms with Gasteiger partial charge in [0.2, 0.25) is 0 Å². The highest BCUT2D eigenvalue weighted by atomic mass is 35.5. The van der Waals surface area contributed by atoms with Gasteiger partial charge in [0.15, 0.2) is 5.78 Å². The molecule has 1 aromatic carbocycles. The summed E-state index contributed by atoms with van der Waals surface area (Å²) in [7, 11) is 0. The first-order valence-corrected chi connectivity index (χ1v) is 6.94. The second kappa shape index (κ2) is 5.41. The van der Waals surface area contributed by atoms with Crippen LogP contribution in [0.25, 0.3) is 0 Å². The Morgan fingerprint density at radius 2 is 1.83 bits per heavy atom. The van der Waals surface area contributed by atoms with Crippen LogP contribution in [-0.2, 0) is 0 Å². The second-order valence-corrected chi connectivity index (χ2v) is 5.65. The number of aryl methyl sites for hydroxylation is 1. The third-order valence-corrected chi connectivity index (χ3v) is 4.19. The van der Waals surface area contributed by atoms with Gasteiger partial charge in [-0.25, -0.2) is 0 Å². The van der Waals surface area contributed by atoms with Gasteiger partial charge in [-0.3, -0.25) is 4.79 Å².